The maximum absolute atomic E-state index is 12.8. The minimum atomic E-state index is 0.0265. The molecule has 2 rings (SSSR count). The van der Waals surface area contributed by atoms with E-state index in [1.165, 1.54) is 0 Å². The van der Waals surface area contributed by atoms with Gasteiger partial charge in [0.15, 0.2) is 0 Å². The Balaban J connectivity index is 1.92. The van der Waals surface area contributed by atoms with E-state index in [0.29, 0.717) is 13.1 Å². The monoisotopic (exact) mass is 314 g/mol. The molecule has 0 heterocycles. The van der Waals surface area contributed by atoms with Gasteiger partial charge in [-0.15, -0.1) is 6.58 Å². The van der Waals surface area contributed by atoms with Gasteiger partial charge in [-0.3, -0.25) is 9.59 Å². The second-order valence-electron chi connectivity index (χ2n) is 6.00. The van der Waals surface area contributed by atoms with Crippen LogP contribution in [-0.2, 0) is 9.59 Å². The van der Waals surface area contributed by atoms with Crippen LogP contribution in [0.5, 0.6) is 0 Å². The maximum atomic E-state index is 12.8. The molecule has 0 unspecified atom stereocenters. The van der Waals surface area contributed by atoms with Crippen LogP contribution in [0.1, 0.15) is 32.6 Å². The Labute approximate surface area is 138 Å². The molecule has 124 valence electrons. The lowest BCUT2D eigenvalue weighted by Gasteiger charge is -2.31. The SMILES string of the molecule is C=CCNC(=O)C1CCC(C(=O)N(CC)c2ccccc2)CC1. The maximum Gasteiger partial charge on any atom is 0.230 e. The van der Waals surface area contributed by atoms with Crippen LogP contribution in [0.4, 0.5) is 5.69 Å². The lowest BCUT2D eigenvalue weighted by atomic mass is 9.81. The number of benzene rings is 1. The van der Waals surface area contributed by atoms with Crippen LogP contribution in [0, 0.1) is 11.8 Å². The zero-order valence-corrected chi connectivity index (χ0v) is 13.8. The molecule has 0 radical (unpaired) electrons. The molecule has 1 aromatic carbocycles. The van der Waals surface area contributed by atoms with Gasteiger partial charge >= 0.3 is 0 Å². The Morgan fingerprint density at radius 3 is 2.35 bits per heavy atom. The van der Waals surface area contributed by atoms with Crippen LogP contribution in [0.3, 0.4) is 0 Å². The highest BCUT2D eigenvalue weighted by atomic mass is 16.2. The fourth-order valence-electron chi connectivity index (χ4n) is 3.21. The number of hydrogen-bond donors (Lipinski definition) is 1. The first-order chi connectivity index (χ1) is 11.2. The normalized spacial score (nSPS) is 20.6. The molecule has 4 nitrogen and oxygen atoms in total. The number of para-hydroxylation sites is 1. The summed E-state index contributed by atoms with van der Waals surface area (Å²) in [7, 11) is 0. The van der Waals surface area contributed by atoms with E-state index in [4.69, 9.17) is 0 Å². The predicted octanol–water partition coefficient (Wildman–Crippen LogP) is 3.15. The van der Waals surface area contributed by atoms with Gasteiger partial charge < -0.3 is 10.2 Å². The fourth-order valence-corrected chi connectivity index (χ4v) is 3.21. The second kappa shape index (κ2) is 8.51. The van der Waals surface area contributed by atoms with E-state index >= 15 is 0 Å². The first kappa shape index (κ1) is 17.3. The van der Waals surface area contributed by atoms with Crippen molar-refractivity contribution in [3.8, 4) is 0 Å². The summed E-state index contributed by atoms with van der Waals surface area (Å²) in [5, 5.41) is 2.85. The highest BCUT2D eigenvalue weighted by Crippen LogP contribution is 2.31. The zero-order valence-electron chi connectivity index (χ0n) is 13.8. The van der Waals surface area contributed by atoms with Crippen LogP contribution in [0.15, 0.2) is 43.0 Å². The van der Waals surface area contributed by atoms with Gasteiger partial charge in [0.2, 0.25) is 11.8 Å². The van der Waals surface area contributed by atoms with Gasteiger partial charge in [-0.05, 0) is 44.7 Å². The van der Waals surface area contributed by atoms with E-state index in [-0.39, 0.29) is 23.7 Å². The highest BCUT2D eigenvalue weighted by molar-refractivity contribution is 5.95. The van der Waals surface area contributed by atoms with Crippen molar-refractivity contribution in [1.82, 2.24) is 5.32 Å². The van der Waals surface area contributed by atoms with E-state index in [1.807, 2.05) is 42.2 Å². The number of nitrogens with zero attached hydrogens (tertiary/aromatic N) is 1. The van der Waals surface area contributed by atoms with E-state index in [9.17, 15) is 9.59 Å². The molecule has 1 aliphatic rings. The van der Waals surface area contributed by atoms with Crippen LogP contribution < -0.4 is 10.2 Å². The van der Waals surface area contributed by atoms with Crippen LogP contribution in [0.2, 0.25) is 0 Å². The van der Waals surface area contributed by atoms with Gasteiger partial charge in [-0.25, -0.2) is 0 Å². The third-order valence-electron chi connectivity index (χ3n) is 4.52. The summed E-state index contributed by atoms with van der Waals surface area (Å²) in [6, 6.07) is 9.79. The van der Waals surface area contributed by atoms with Gasteiger partial charge in [0, 0.05) is 30.6 Å². The van der Waals surface area contributed by atoms with Gasteiger partial charge in [0.1, 0.15) is 0 Å². The summed E-state index contributed by atoms with van der Waals surface area (Å²) in [4.78, 5) is 26.6. The van der Waals surface area contributed by atoms with Crippen molar-refractivity contribution in [3.63, 3.8) is 0 Å². The van der Waals surface area contributed by atoms with E-state index in [1.54, 1.807) is 6.08 Å². The average molecular weight is 314 g/mol. The van der Waals surface area contributed by atoms with Crippen molar-refractivity contribution in [2.45, 2.75) is 32.6 Å². The van der Waals surface area contributed by atoms with Crippen molar-refractivity contribution in [3.05, 3.63) is 43.0 Å². The molecule has 0 aliphatic heterocycles. The highest BCUT2D eigenvalue weighted by Gasteiger charge is 2.32. The molecule has 1 aromatic rings. The first-order valence-electron chi connectivity index (χ1n) is 8.42. The number of nitrogens with one attached hydrogen (secondary N) is 1. The average Bonchev–Trinajstić information content (AvgIpc) is 2.61. The molecule has 1 N–H and O–H groups in total. The molecule has 0 aromatic heterocycles. The molecule has 0 atom stereocenters. The molecule has 0 spiro atoms. The minimum absolute atomic E-state index is 0.0265. The molecule has 2 amide bonds. The lowest BCUT2D eigenvalue weighted by Crippen LogP contribution is -2.40. The molecular weight excluding hydrogens is 288 g/mol. The third-order valence-corrected chi connectivity index (χ3v) is 4.52. The number of rotatable bonds is 6. The van der Waals surface area contributed by atoms with Gasteiger partial charge in [0.05, 0.1) is 0 Å². The Morgan fingerprint density at radius 2 is 1.78 bits per heavy atom. The number of hydrogen-bond acceptors (Lipinski definition) is 2. The summed E-state index contributed by atoms with van der Waals surface area (Å²) in [6.45, 7) is 6.78. The van der Waals surface area contributed by atoms with Gasteiger partial charge in [0.25, 0.3) is 0 Å². The Morgan fingerprint density at radius 1 is 1.17 bits per heavy atom. The van der Waals surface area contributed by atoms with Gasteiger partial charge in [-0.2, -0.15) is 0 Å². The standard InChI is InChI=1S/C19H26N2O2/c1-3-14-20-18(22)15-10-12-16(13-11-15)19(23)21(4-2)17-8-6-5-7-9-17/h3,5-9,15-16H,1,4,10-14H2,2H3,(H,20,22). The van der Waals surface area contributed by atoms with E-state index < -0.39 is 0 Å². The van der Waals surface area contributed by atoms with Crippen molar-refractivity contribution in [2.75, 3.05) is 18.0 Å². The van der Waals surface area contributed by atoms with Gasteiger partial charge in [-0.1, -0.05) is 24.3 Å². The zero-order chi connectivity index (χ0) is 16.7. The topological polar surface area (TPSA) is 49.4 Å². The number of anilines is 1. The fraction of sp³-hybridized carbons (Fsp3) is 0.474. The Kier molecular flexibility index (Phi) is 6.39. The Bertz CT molecular complexity index is 534. The quantitative estimate of drug-likeness (QED) is 0.820. The molecule has 4 heteroatoms. The van der Waals surface area contributed by atoms with Crippen LogP contribution in [0.25, 0.3) is 0 Å². The number of carbonyl (C=O) groups excluding carboxylic acids is 2. The van der Waals surface area contributed by atoms with Crippen molar-refractivity contribution in [2.24, 2.45) is 11.8 Å². The summed E-state index contributed by atoms with van der Waals surface area (Å²) < 4.78 is 0. The molecule has 1 fully saturated rings. The van der Waals surface area contributed by atoms with Crippen molar-refractivity contribution in [1.29, 1.82) is 0 Å². The molecule has 1 aliphatic carbocycles. The van der Waals surface area contributed by atoms with E-state index in [2.05, 4.69) is 11.9 Å². The van der Waals surface area contributed by atoms with Crippen molar-refractivity contribution < 1.29 is 9.59 Å². The van der Waals surface area contributed by atoms with Crippen molar-refractivity contribution >= 4 is 17.5 Å². The first-order valence-corrected chi connectivity index (χ1v) is 8.42. The largest absolute Gasteiger partial charge is 0.352 e. The number of carbonyl (C=O) groups is 2. The van der Waals surface area contributed by atoms with Crippen LogP contribution in [-0.4, -0.2) is 24.9 Å². The molecule has 0 saturated heterocycles. The lowest BCUT2D eigenvalue weighted by molar-refractivity contribution is -0.129. The predicted molar refractivity (Wildman–Crippen MR) is 93.1 cm³/mol. The summed E-state index contributed by atoms with van der Waals surface area (Å²) >= 11 is 0. The second-order valence-corrected chi connectivity index (χ2v) is 6.00. The van der Waals surface area contributed by atoms with Crippen LogP contribution >= 0.6 is 0 Å². The molecule has 23 heavy (non-hydrogen) atoms. The molecular formula is C19H26N2O2. The summed E-state index contributed by atoms with van der Waals surface area (Å²) in [5.74, 6) is 0.333. The third kappa shape index (κ3) is 4.44. The van der Waals surface area contributed by atoms with E-state index in [0.717, 1.165) is 31.4 Å². The smallest absolute Gasteiger partial charge is 0.230 e. The summed E-state index contributed by atoms with van der Waals surface area (Å²) in [5.41, 5.74) is 0.950. The Hall–Kier alpha value is -2.10. The summed E-state index contributed by atoms with van der Waals surface area (Å²) in [6.07, 6.45) is 4.83. The molecule has 0 bridgehead atoms. The minimum Gasteiger partial charge on any atom is -0.352 e. The molecule has 1 saturated carbocycles. The number of amides is 2.